The van der Waals surface area contributed by atoms with E-state index in [9.17, 15) is 9.59 Å². The molecule has 1 aliphatic rings. The number of H-pyrrole nitrogens is 1. The first-order chi connectivity index (χ1) is 12.6. The Morgan fingerprint density at radius 1 is 1.38 bits per heavy atom. The maximum absolute atomic E-state index is 12.2. The predicted molar refractivity (Wildman–Crippen MR) is 95.4 cm³/mol. The third-order valence-electron chi connectivity index (χ3n) is 4.53. The van der Waals surface area contributed by atoms with Crippen LogP contribution in [-0.4, -0.2) is 38.8 Å². The summed E-state index contributed by atoms with van der Waals surface area (Å²) in [6, 6.07) is 7.99. The van der Waals surface area contributed by atoms with E-state index in [0.29, 0.717) is 17.1 Å². The number of nitrogens with zero attached hydrogens (tertiary/aromatic N) is 3. The topological polar surface area (TPSA) is 105 Å². The van der Waals surface area contributed by atoms with E-state index in [1.165, 1.54) is 0 Å². The second kappa shape index (κ2) is 6.14. The summed E-state index contributed by atoms with van der Waals surface area (Å²) in [7, 11) is 1.56. The Bertz CT molecular complexity index is 1000. The molecule has 3 heterocycles. The number of fused-ring (bicyclic) bond motifs is 1. The molecule has 1 atom stereocenters. The second-order valence-corrected chi connectivity index (χ2v) is 6.30. The summed E-state index contributed by atoms with van der Waals surface area (Å²) in [6.45, 7) is 2.02. The van der Waals surface area contributed by atoms with Crippen LogP contribution in [0.5, 0.6) is 0 Å². The molecule has 1 aromatic carbocycles. The minimum atomic E-state index is -0.289. The van der Waals surface area contributed by atoms with Gasteiger partial charge in [0.25, 0.3) is 5.91 Å². The Morgan fingerprint density at radius 3 is 3.00 bits per heavy atom. The van der Waals surface area contributed by atoms with Crippen molar-refractivity contribution in [3.63, 3.8) is 0 Å². The lowest BCUT2D eigenvalue weighted by Gasteiger charge is -2.21. The molecule has 8 nitrogen and oxygen atoms in total. The van der Waals surface area contributed by atoms with Gasteiger partial charge in [-0.2, -0.15) is 10.2 Å². The van der Waals surface area contributed by atoms with Crippen LogP contribution in [0.15, 0.2) is 36.7 Å². The highest BCUT2D eigenvalue weighted by Crippen LogP contribution is 2.38. The van der Waals surface area contributed by atoms with Gasteiger partial charge in [-0.05, 0) is 30.2 Å². The summed E-state index contributed by atoms with van der Waals surface area (Å²) in [5.74, 6) is -0.303. The van der Waals surface area contributed by atoms with Gasteiger partial charge in [-0.1, -0.05) is 12.1 Å². The van der Waals surface area contributed by atoms with Crippen molar-refractivity contribution in [3.8, 4) is 5.69 Å². The van der Waals surface area contributed by atoms with Crippen LogP contribution in [0.4, 0.5) is 5.82 Å². The molecule has 2 aromatic heterocycles. The van der Waals surface area contributed by atoms with Crippen LogP contribution in [-0.2, 0) is 4.79 Å². The lowest BCUT2D eigenvalue weighted by molar-refractivity contribution is -0.116. The van der Waals surface area contributed by atoms with Gasteiger partial charge in [0.15, 0.2) is 5.82 Å². The highest BCUT2D eigenvalue weighted by molar-refractivity contribution is 6.00. The zero-order valence-electron chi connectivity index (χ0n) is 14.4. The number of carbonyl (C=O) groups is 2. The fraction of sp³-hybridized carbons (Fsp3) is 0.222. The molecule has 0 saturated carbocycles. The molecule has 2 amide bonds. The Hall–Kier alpha value is -3.42. The molecule has 8 heteroatoms. The van der Waals surface area contributed by atoms with Gasteiger partial charge >= 0.3 is 0 Å². The van der Waals surface area contributed by atoms with Gasteiger partial charge < -0.3 is 10.6 Å². The average molecular weight is 350 g/mol. The minimum Gasteiger partial charge on any atom is -0.354 e. The van der Waals surface area contributed by atoms with Crippen molar-refractivity contribution >= 4 is 17.6 Å². The standard InChI is InChI=1S/C18H18N6O2/c1-10-4-3-5-12(6-10)24-9-11(8-20-24)13-7-14(25)21-17-15(13)16(22-23-17)18(26)19-2/h3-6,8-9,13H,7H2,1-2H3,(H,19,26)(H2,21,22,23,25). The van der Waals surface area contributed by atoms with Crippen LogP contribution in [0.1, 0.15) is 39.5 Å². The van der Waals surface area contributed by atoms with E-state index in [1.807, 2.05) is 37.4 Å². The number of aromatic amines is 1. The van der Waals surface area contributed by atoms with Gasteiger partial charge in [0.2, 0.25) is 5.91 Å². The van der Waals surface area contributed by atoms with Crippen molar-refractivity contribution in [2.75, 3.05) is 12.4 Å². The van der Waals surface area contributed by atoms with E-state index in [2.05, 4.69) is 25.9 Å². The lowest BCUT2D eigenvalue weighted by atomic mass is 9.87. The summed E-state index contributed by atoms with van der Waals surface area (Å²) in [4.78, 5) is 24.2. The molecule has 132 valence electrons. The van der Waals surface area contributed by atoms with Crippen LogP contribution < -0.4 is 10.6 Å². The number of rotatable bonds is 3. The zero-order valence-corrected chi connectivity index (χ0v) is 14.4. The van der Waals surface area contributed by atoms with Crippen molar-refractivity contribution in [2.45, 2.75) is 19.3 Å². The second-order valence-electron chi connectivity index (χ2n) is 6.30. The minimum absolute atomic E-state index is 0.138. The Morgan fingerprint density at radius 2 is 2.23 bits per heavy atom. The molecule has 3 N–H and O–H groups in total. The number of hydrogen-bond donors (Lipinski definition) is 3. The lowest BCUT2D eigenvalue weighted by Crippen LogP contribution is -2.26. The Balaban J connectivity index is 1.77. The summed E-state index contributed by atoms with van der Waals surface area (Å²) in [6.07, 6.45) is 3.86. The van der Waals surface area contributed by atoms with E-state index in [4.69, 9.17) is 0 Å². The highest BCUT2D eigenvalue weighted by atomic mass is 16.2. The van der Waals surface area contributed by atoms with Gasteiger partial charge in [0.05, 0.1) is 11.9 Å². The number of nitrogens with one attached hydrogen (secondary N) is 3. The van der Waals surface area contributed by atoms with Crippen LogP contribution in [0.2, 0.25) is 0 Å². The van der Waals surface area contributed by atoms with Crippen LogP contribution >= 0.6 is 0 Å². The number of anilines is 1. The molecule has 0 saturated heterocycles. The molecule has 1 unspecified atom stereocenters. The van der Waals surface area contributed by atoms with Crippen LogP contribution in [0, 0.1) is 6.92 Å². The molecule has 0 fully saturated rings. The van der Waals surface area contributed by atoms with E-state index >= 15 is 0 Å². The fourth-order valence-corrected chi connectivity index (χ4v) is 3.27. The van der Waals surface area contributed by atoms with Crippen molar-refractivity contribution in [1.82, 2.24) is 25.3 Å². The Labute approximate surface area is 149 Å². The molecule has 4 rings (SSSR count). The van der Waals surface area contributed by atoms with Crippen LogP contribution in [0.25, 0.3) is 5.69 Å². The molecule has 0 aliphatic carbocycles. The molecule has 3 aromatic rings. The molecule has 0 radical (unpaired) electrons. The van der Waals surface area contributed by atoms with E-state index in [-0.39, 0.29) is 24.2 Å². The maximum Gasteiger partial charge on any atom is 0.269 e. The van der Waals surface area contributed by atoms with Crippen molar-refractivity contribution < 1.29 is 9.59 Å². The van der Waals surface area contributed by atoms with Gasteiger partial charge in [-0.3, -0.25) is 14.7 Å². The zero-order chi connectivity index (χ0) is 18.3. The largest absolute Gasteiger partial charge is 0.354 e. The third kappa shape index (κ3) is 2.65. The normalized spacial score (nSPS) is 16.1. The maximum atomic E-state index is 12.2. The average Bonchev–Trinajstić information content (AvgIpc) is 3.27. The third-order valence-corrected chi connectivity index (χ3v) is 4.53. The van der Waals surface area contributed by atoms with Crippen LogP contribution in [0.3, 0.4) is 0 Å². The number of hydrogen-bond acceptors (Lipinski definition) is 4. The first-order valence-corrected chi connectivity index (χ1v) is 8.28. The predicted octanol–water partition coefficient (Wildman–Crippen LogP) is 1.74. The van der Waals surface area contributed by atoms with Gasteiger partial charge in [0.1, 0.15) is 5.69 Å². The van der Waals surface area contributed by atoms with Crippen molar-refractivity contribution in [3.05, 3.63) is 59.0 Å². The van der Waals surface area contributed by atoms with E-state index in [1.54, 1.807) is 17.9 Å². The number of aromatic nitrogens is 4. The van der Waals surface area contributed by atoms with Crippen molar-refractivity contribution in [2.24, 2.45) is 0 Å². The number of amides is 2. The molecule has 0 spiro atoms. The molecule has 1 aliphatic heterocycles. The van der Waals surface area contributed by atoms with Crippen molar-refractivity contribution in [1.29, 1.82) is 0 Å². The summed E-state index contributed by atoms with van der Waals surface area (Å²) in [5, 5.41) is 16.6. The number of benzene rings is 1. The molecular weight excluding hydrogens is 332 g/mol. The van der Waals surface area contributed by atoms with E-state index in [0.717, 1.165) is 16.8 Å². The number of aryl methyl sites for hydroxylation is 1. The first-order valence-electron chi connectivity index (χ1n) is 8.28. The number of carbonyl (C=O) groups excluding carboxylic acids is 2. The summed E-state index contributed by atoms with van der Waals surface area (Å²) >= 11 is 0. The summed E-state index contributed by atoms with van der Waals surface area (Å²) in [5.41, 5.74) is 3.98. The quantitative estimate of drug-likeness (QED) is 0.669. The smallest absolute Gasteiger partial charge is 0.269 e. The first kappa shape index (κ1) is 16.1. The molecular formula is C18H18N6O2. The summed E-state index contributed by atoms with van der Waals surface area (Å²) < 4.78 is 1.77. The van der Waals surface area contributed by atoms with E-state index < -0.39 is 0 Å². The molecule has 26 heavy (non-hydrogen) atoms. The van der Waals surface area contributed by atoms with Gasteiger partial charge in [-0.15, -0.1) is 0 Å². The monoisotopic (exact) mass is 350 g/mol. The fourth-order valence-electron chi connectivity index (χ4n) is 3.27. The highest BCUT2D eigenvalue weighted by Gasteiger charge is 2.34. The Kier molecular flexibility index (Phi) is 3.80. The van der Waals surface area contributed by atoms with Gasteiger partial charge in [0, 0.05) is 31.1 Å². The SMILES string of the molecule is CNC(=O)c1[nH]nc2c1C(c1cnn(-c3cccc(C)c3)c1)CC(=O)N2. The molecule has 0 bridgehead atoms. The van der Waals surface area contributed by atoms with Gasteiger partial charge in [-0.25, -0.2) is 4.68 Å².